The Hall–Kier alpha value is -2.94. The maximum atomic E-state index is 12.9. The van der Waals surface area contributed by atoms with Gasteiger partial charge in [0.25, 0.3) is 5.56 Å². The van der Waals surface area contributed by atoms with Crippen molar-refractivity contribution in [2.75, 3.05) is 13.1 Å². The molecule has 3 aromatic rings. The van der Waals surface area contributed by atoms with Crippen molar-refractivity contribution in [1.29, 1.82) is 0 Å². The van der Waals surface area contributed by atoms with Crippen LogP contribution in [-0.4, -0.2) is 34.4 Å². The van der Waals surface area contributed by atoms with E-state index in [2.05, 4.69) is 20.4 Å². The number of rotatable bonds is 3. The molecule has 1 aliphatic rings. The van der Waals surface area contributed by atoms with E-state index in [1.807, 2.05) is 0 Å². The Morgan fingerprint density at radius 2 is 1.71 bits per heavy atom. The van der Waals surface area contributed by atoms with Crippen LogP contribution in [0.5, 0.6) is 5.75 Å². The zero-order valence-corrected chi connectivity index (χ0v) is 14.7. The maximum absolute atomic E-state index is 12.9. The van der Waals surface area contributed by atoms with Gasteiger partial charge in [0.15, 0.2) is 0 Å². The summed E-state index contributed by atoms with van der Waals surface area (Å²) in [5.74, 6) is -0.295. The van der Waals surface area contributed by atoms with E-state index in [0.29, 0.717) is 22.0 Å². The van der Waals surface area contributed by atoms with Crippen LogP contribution < -0.4 is 15.6 Å². The number of benzene rings is 2. The summed E-state index contributed by atoms with van der Waals surface area (Å²) in [6.45, 7) is 1.65. The molecule has 2 aromatic carbocycles. The Morgan fingerprint density at radius 1 is 1.04 bits per heavy atom. The molecule has 1 saturated heterocycles. The largest absolute Gasteiger partial charge is 0.573 e. The molecule has 6 nitrogen and oxygen atoms in total. The van der Waals surface area contributed by atoms with E-state index < -0.39 is 6.36 Å². The van der Waals surface area contributed by atoms with Crippen molar-refractivity contribution in [2.24, 2.45) is 0 Å². The molecule has 0 amide bonds. The average Bonchev–Trinajstić information content (AvgIpc) is 2.68. The van der Waals surface area contributed by atoms with Gasteiger partial charge in [-0.05, 0) is 61.3 Å². The molecule has 0 aliphatic carbocycles. The summed E-state index contributed by atoms with van der Waals surface area (Å²) < 4.78 is 42.2. The maximum Gasteiger partial charge on any atom is 0.573 e. The third-order valence-electron chi connectivity index (χ3n) is 4.76. The van der Waals surface area contributed by atoms with Gasteiger partial charge in [0, 0.05) is 0 Å². The molecule has 1 aliphatic heterocycles. The lowest BCUT2D eigenvalue weighted by molar-refractivity contribution is -0.274. The Kier molecular flexibility index (Phi) is 4.76. The highest BCUT2D eigenvalue weighted by atomic mass is 19.4. The van der Waals surface area contributed by atoms with Crippen molar-refractivity contribution in [2.45, 2.75) is 25.2 Å². The molecule has 28 heavy (non-hydrogen) atoms. The molecule has 0 bridgehead atoms. The number of ether oxygens (including phenoxy) is 1. The molecule has 0 atom stereocenters. The van der Waals surface area contributed by atoms with Gasteiger partial charge in [-0.15, -0.1) is 18.3 Å². The molecule has 0 saturated carbocycles. The van der Waals surface area contributed by atoms with Crippen molar-refractivity contribution in [3.63, 3.8) is 0 Å². The predicted octanol–water partition coefficient (Wildman–Crippen LogP) is 3.28. The number of alkyl halides is 3. The van der Waals surface area contributed by atoms with Crippen molar-refractivity contribution in [3.05, 3.63) is 52.8 Å². The molecule has 4 rings (SSSR count). The Labute approximate surface area is 157 Å². The number of aromatic nitrogens is 3. The number of halogens is 3. The number of hydrogen-bond donors (Lipinski definition) is 1. The van der Waals surface area contributed by atoms with Crippen LogP contribution in [0.4, 0.5) is 13.2 Å². The number of nitrogens with one attached hydrogen (secondary N) is 1. The van der Waals surface area contributed by atoms with Crippen LogP contribution in [0.3, 0.4) is 0 Å². The molecule has 146 valence electrons. The molecule has 9 heteroatoms. The minimum Gasteiger partial charge on any atom is -0.406 e. The molecule has 1 N–H and O–H groups in total. The summed E-state index contributed by atoms with van der Waals surface area (Å²) in [5, 5.41) is 11.9. The van der Waals surface area contributed by atoms with E-state index in [0.717, 1.165) is 25.9 Å². The number of hydrogen-bond acceptors (Lipinski definition) is 5. The third kappa shape index (κ3) is 3.84. The highest BCUT2D eigenvalue weighted by Gasteiger charge is 2.31. The van der Waals surface area contributed by atoms with Crippen LogP contribution in [0.2, 0.25) is 0 Å². The molecule has 1 aromatic heterocycles. The lowest BCUT2D eigenvalue weighted by Gasteiger charge is -2.23. The highest BCUT2D eigenvalue weighted by molar-refractivity contribution is 5.83. The van der Waals surface area contributed by atoms with Gasteiger partial charge in [0.1, 0.15) is 11.3 Å². The topological polar surface area (TPSA) is 69.0 Å². The van der Waals surface area contributed by atoms with Gasteiger partial charge in [-0.2, -0.15) is 0 Å². The van der Waals surface area contributed by atoms with Gasteiger partial charge in [0.05, 0.1) is 11.4 Å². The summed E-state index contributed by atoms with van der Waals surface area (Å²) >= 11 is 0. The molecular formula is C19H17F3N4O2. The number of piperidine rings is 1. The number of nitrogens with zero attached hydrogens (tertiary/aromatic N) is 3. The van der Waals surface area contributed by atoms with Gasteiger partial charge in [-0.1, -0.05) is 23.4 Å². The van der Waals surface area contributed by atoms with Crippen molar-refractivity contribution in [3.8, 4) is 16.9 Å². The summed E-state index contributed by atoms with van der Waals surface area (Å²) in [6.07, 6.45) is -3.12. The standard InChI is InChI=1S/C19H17F3N4O2/c20-19(21,22)28-15-4-1-12(2-5-15)13-3-6-17-16(11-13)18(27)26(25-24-17)14-7-9-23-10-8-14/h1-6,11,14,23H,7-10H2. The van der Waals surface area contributed by atoms with Gasteiger partial charge < -0.3 is 10.1 Å². The molecule has 0 spiro atoms. The Morgan fingerprint density at radius 3 is 2.39 bits per heavy atom. The van der Waals surface area contributed by atoms with E-state index >= 15 is 0 Å². The van der Waals surface area contributed by atoms with Gasteiger partial charge in [-0.25, -0.2) is 4.68 Å². The summed E-state index contributed by atoms with van der Waals surface area (Å²) in [4.78, 5) is 12.9. The fraction of sp³-hybridized carbons (Fsp3) is 0.316. The quantitative estimate of drug-likeness (QED) is 0.743. The van der Waals surface area contributed by atoms with Crippen LogP contribution in [0.15, 0.2) is 47.3 Å². The predicted molar refractivity (Wildman–Crippen MR) is 97.1 cm³/mol. The monoisotopic (exact) mass is 390 g/mol. The van der Waals surface area contributed by atoms with E-state index in [4.69, 9.17) is 0 Å². The van der Waals surface area contributed by atoms with E-state index in [-0.39, 0.29) is 17.4 Å². The van der Waals surface area contributed by atoms with Crippen LogP contribution in [0.25, 0.3) is 22.0 Å². The first-order valence-electron chi connectivity index (χ1n) is 8.87. The zero-order chi connectivity index (χ0) is 19.7. The third-order valence-corrected chi connectivity index (χ3v) is 4.76. The van der Waals surface area contributed by atoms with E-state index in [9.17, 15) is 18.0 Å². The summed E-state index contributed by atoms with van der Waals surface area (Å²) in [6, 6.07) is 10.7. The van der Waals surface area contributed by atoms with Gasteiger partial charge in [-0.3, -0.25) is 4.79 Å². The van der Waals surface area contributed by atoms with Crippen molar-refractivity contribution < 1.29 is 17.9 Å². The highest BCUT2D eigenvalue weighted by Crippen LogP contribution is 2.27. The first kappa shape index (κ1) is 18.4. The van der Waals surface area contributed by atoms with Gasteiger partial charge >= 0.3 is 6.36 Å². The Bertz CT molecular complexity index is 1040. The second-order valence-corrected chi connectivity index (χ2v) is 6.62. The molecular weight excluding hydrogens is 373 g/mol. The van der Waals surface area contributed by atoms with Crippen molar-refractivity contribution >= 4 is 10.9 Å². The van der Waals surface area contributed by atoms with Gasteiger partial charge in [0.2, 0.25) is 0 Å². The fourth-order valence-corrected chi connectivity index (χ4v) is 3.37. The Balaban J connectivity index is 1.68. The smallest absolute Gasteiger partial charge is 0.406 e. The average molecular weight is 390 g/mol. The first-order chi connectivity index (χ1) is 13.4. The van der Waals surface area contributed by atoms with Crippen molar-refractivity contribution in [1.82, 2.24) is 20.3 Å². The molecule has 0 radical (unpaired) electrons. The molecule has 0 unspecified atom stereocenters. The number of fused-ring (bicyclic) bond motifs is 1. The molecule has 1 fully saturated rings. The SMILES string of the molecule is O=c1c2cc(-c3ccc(OC(F)(F)F)cc3)ccc2nnn1C1CCNCC1. The van der Waals surface area contributed by atoms with Crippen LogP contribution in [0, 0.1) is 0 Å². The van der Waals surface area contributed by atoms with Crippen LogP contribution >= 0.6 is 0 Å². The normalized spacial score (nSPS) is 15.7. The van der Waals surface area contributed by atoms with E-state index in [1.165, 1.54) is 28.9 Å². The fourth-order valence-electron chi connectivity index (χ4n) is 3.37. The summed E-state index contributed by atoms with van der Waals surface area (Å²) in [7, 11) is 0. The van der Waals surface area contributed by atoms with Crippen LogP contribution in [0.1, 0.15) is 18.9 Å². The first-order valence-corrected chi connectivity index (χ1v) is 8.87. The second-order valence-electron chi connectivity index (χ2n) is 6.62. The van der Waals surface area contributed by atoms with Crippen LogP contribution in [-0.2, 0) is 0 Å². The minimum absolute atomic E-state index is 0.00751. The lowest BCUT2D eigenvalue weighted by atomic mass is 10.0. The minimum atomic E-state index is -4.73. The molecule has 2 heterocycles. The second kappa shape index (κ2) is 7.23. The zero-order valence-electron chi connectivity index (χ0n) is 14.7. The summed E-state index contributed by atoms with van der Waals surface area (Å²) in [5.41, 5.74) is 1.64. The van der Waals surface area contributed by atoms with E-state index in [1.54, 1.807) is 18.2 Å². The lowest BCUT2D eigenvalue weighted by Crippen LogP contribution is -2.36.